The number of amides is 2. The monoisotopic (exact) mass is 409 g/mol. The van der Waals surface area contributed by atoms with Gasteiger partial charge in [-0.15, -0.1) is 0 Å². The second-order valence-electron chi connectivity index (χ2n) is 6.50. The Labute approximate surface area is 169 Å². The number of halogens is 1. The molecule has 0 aliphatic carbocycles. The standard InChI is InChI=1S/C21H16FN3O5/c1-3-30-21(29)10-4-6-12(7-5-10)25-19(27)15-17(20(25)28)24-16-13(18(15)26)8-11(22)9-14(16)23-2/h4-9,23H,3H2,1-2H3,(H,24,26). The van der Waals surface area contributed by atoms with Crippen molar-refractivity contribution in [3.8, 4) is 5.75 Å². The highest BCUT2D eigenvalue weighted by Gasteiger charge is 2.41. The van der Waals surface area contributed by atoms with Gasteiger partial charge in [0.2, 0.25) is 0 Å². The zero-order valence-electron chi connectivity index (χ0n) is 16.0. The van der Waals surface area contributed by atoms with Crippen LogP contribution >= 0.6 is 0 Å². The number of carbonyl (C=O) groups excluding carboxylic acids is 3. The Morgan fingerprint density at radius 2 is 1.90 bits per heavy atom. The largest absolute Gasteiger partial charge is 0.506 e. The summed E-state index contributed by atoms with van der Waals surface area (Å²) in [7, 11) is 1.55. The van der Waals surface area contributed by atoms with Crippen LogP contribution in [0, 0.1) is 5.82 Å². The summed E-state index contributed by atoms with van der Waals surface area (Å²) in [6.45, 7) is 1.90. The molecule has 0 atom stereocenters. The number of aromatic nitrogens is 1. The van der Waals surface area contributed by atoms with Gasteiger partial charge in [-0.1, -0.05) is 0 Å². The van der Waals surface area contributed by atoms with Gasteiger partial charge >= 0.3 is 5.97 Å². The van der Waals surface area contributed by atoms with Crippen molar-refractivity contribution in [2.24, 2.45) is 0 Å². The molecule has 30 heavy (non-hydrogen) atoms. The van der Waals surface area contributed by atoms with E-state index in [1.54, 1.807) is 14.0 Å². The molecule has 2 amide bonds. The van der Waals surface area contributed by atoms with Gasteiger partial charge in [-0.2, -0.15) is 0 Å². The Morgan fingerprint density at radius 1 is 1.20 bits per heavy atom. The van der Waals surface area contributed by atoms with Crippen molar-refractivity contribution in [3.05, 3.63) is 59.0 Å². The molecule has 0 fully saturated rings. The van der Waals surface area contributed by atoms with Gasteiger partial charge in [0.05, 0.1) is 29.1 Å². The molecule has 152 valence electrons. The van der Waals surface area contributed by atoms with E-state index in [1.165, 1.54) is 30.3 Å². The van der Waals surface area contributed by atoms with E-state index in [9.17, 15) is 23.9 Å². The van der Waals surface area contributed by atoms with Gasteiger partial charge in [-0.25, -0.2) is 19.1 Å². The quantitative estimate of drug-likeness (QED) is 0.503. The zero-order valence-corrected chi connectivity index (χ0v) is 16.0. The van der Waals surface area contributed by atoms with E-state index in [2.05, 4.69) is 10.3 Å². The Hall–Kier alpha value is -4.01. The lowest BCUT2D eigenvalue weighted by atomic mass is 10.1. The molecular formula is C21H16FN3O5. The summed E-state index contributed by atoms with van der Waals surface area (Å²) in [5.74, 6) is -3.20. The number of aromatic hydroxyl groups is 1. The van der Waals surface area contributed by atoms with Crippen molar-refractivity contribution in [2.45, 2.75) is 6.92 Å². The van der Waals surface area contributed by atoms with E-state index in [-0.39, 0.29) is 45.7 Å². The van der Waals surface area contributed by atoms with Crippen LogP contribution in [-0.4, -0.2) is 41.5 Å². The predicted molar refractivity (Wildman–Crippen MR) is 106 cm³/mol. The number of ether oxygens (including phenoxy) is 1. The summed E-state index contributed by atoms with van der Waals surface area (Å²) in [4.78, 5) is 42.8. The average Bonchev–Trinajstić information content (AvgIpc) is 2.98. The first kappa shape index (κ1) is 19.3. The fourth-order valence-corrected chi connectivity index (χ4v) is 3.37. The first-order chi connectivity index (χ1) is 14.4. The Kier molecular flexibility index (Phi) is 4.57. The van der Waals surface area contributed by atoms with Crippen molar-refractivity contribution < 1.29 is 28.6 Å². The third-order valence-electron chi connectivity index (χ3n) is 4.76. The molecule has 0 saturated carbocycles. The van der Waals surface area contributed by atoms with Gasteiger partial charge in [0.1, 0.15) is 22.8 Å². The summed E-state index contributed by atoms with van der Waals surface area (Å²) < 4.78 is 18.8. The molecule has 2 aromatic carbocycles. The third kappa shape index (κ3) is 2.83. The molecule has 2 N–H and O–H groups in total. The molecular weight excluding hydrogens is 393 g/mol. The molecule has 8 nitrogen and oxygen atoms in total. The molecule has 9 heteroatoms. The molecule has 0 saturated heterocycles. The van der Waals surface area contributed by atoms with E-state index in [0.717, 1.165) is 11.0 Å². The normalized spacial score (nSPS) is 13.0. The highest BCUT2D eigenvalue weighted by molar-refractivity contribution is 6.35. The molecule has 1 aromatic heterocycles. The van der Waals surface area contributed by atoms with Crippen LogP contribution in [0.3, 0.4) is 0 Å². The van der Waals surface area contributed by atoms with Crippen molar-refractivity contribution in [3.63, 3.8) is 0 Å². The number of esters is 1. The van der Waals surface area contributed by atoms with Gasteiger partial charge < -0.3 is 15.2 Å². The van der Waals surface area contributed by atoms with Crippen LogP contribution in [-0.2, 0) is 4.74 Å². The number of rotatable bonds is 4. The lowest BCUT2D eigenvalue weighted by Gasteiger charge is -2.13. The maximum Gasteiger partial charge on any atom is 0.338 e. The summed E-state index contributed by atoms with van der Waals surface area (Å²) >= 11 is 0. The Morgan fingerprint density at radius 3 is 2.53 bits per heavy atom. The van der Waals surface area contributed by atoms with Crippen LogP contribution in [0.25, 0.3) is 10.9 Å². The van der Waals surface area contributed by atoms with E-state index >= 15 is 0 Å². The highest BCUT2D eigenvalue weighted by atomic mass is 19.1. The molecule has 1 aliphatic rings. The minimum Gasteiger partial charge on any atom is -0.506 e. The number of hydrogen-bond donors (Lipinski definition) is 2. The van der Waals surface area contributed by atoms with Crippen molar-refractivity contribution >= 4 is 40.1 Å². The zero-order chi connectivity index (χ0) is 21.6. The Bertz CT molecular complexity index is 1220. The molecule has 0 unspecified atom stereocenters. The lowest BCUT2D eigenvalue weighted by molar-refractivity contribution is 0.0526. The number of fused-ring (bicyclic) bond motifs is 2. The average molecular weight is 409 g/mol. The summed E-state index contributed by atoms with van der Waals surface area (Å²) in [5, 5.41) is 13.4. The fourth-order valence-electron chi connectivity index (χ4n) is 3.37. The van der Waals surface area contributed by atoms with Gasteiger partial charge in [0.25, 0.3) is 11.8 Å². The topological polar surface area (TPSA) is 109 Å². The van der Waals surface area contributed by atoms with Crippen molar-refractivity contribution in [1.29, 1.82) is 0 Å². The summed E-state index contributed by atoms with van der Waals surface area (Å²) in [5.41, 5.74) is 0.353. The van der Waals surface area contributed by atoms with E-state index in [0.29, 0.717) is 0 Å². The van der Waals surface area contributed by atoms with Crippen LogP contribution in [0.2, 0.25) is 0 Å². The number of anilines is 2. The third-order valence-corrected chi connectivity index (χ3v) is 4.76. The number of hydrogen-bond acceptors (Lipinski definition) is 7. The minimum atomic E-state index is -0.791. The second kappa shape index (κ2) is 7.11. The first-order valence-corrected chi connectivity index (χ1v) is 9.07. The van der Waals surface area contributed by atoms with Crippen molar-refractivity contribution in [2.75, 3.05) is 23.9 Å². The van der Waals surface area contributed by atoms with Crippen LogP contribution in [0.1, 0.15) is 38.1 Å². The van der Waals surface area contributed by atoms with Crippen LogP contribution in [0.4, 0.5) is 15.8 Å². The van der Waals surface area contributed by atoms with Crippen molar-refractivity contribution in [1.82, 2.24) is 4.98 Å². The van der Waals surface area contributed by atoms with Crippen LogP contribution < -0.4 is 10.2 Å². The van der Waals surface area contributed by atoms with E-state index < -0.39 is 29.4 Å². The lowest BCUT2D eigenvalue weighted by Crippen LogP contribution is -2.29. The molecule has 0 spiro atoms. The minimum absolute atomic E-state index is 0.0127. The number of nitrogens with zero attached hydrogens (tertiary/aromatic N) is 2. The first-order valence-electron chi connectivity index (χ1n) is 9.07. The number of pyridine rings is 1. The molecule has 4 rings (SSSR count). The molecule has 3 aromatic rings. The fraction of sp³-hybridized carbons (Fsp3) is 0.143. The van der Waals surface area contributed by atoms with Gasteiger partial charge in [0.15, 0.2) is 0 Å². The number of benzene rings is 2. The number of nitrogens with one attached hydrogen (secondary N) is 1. The highest BCUT2D eigenvalue weighted by Crippen LogP contribution is 2.39. The Balaban J connectivity index is 1.81. The van der Waals surface area contributed by atoms with Gasteiger partial charge in [-0.05, 0) is 43.3 Å². The van der Waals surface area contributed by atoms with Crippen LogP contribution in [0.15, 0.2) is 36.4 Å². The summed E-state index contributed by atoms with van der Waals surface area (Å²) in [6, 6.07) is 7.92. The number of carbonyl (C=O) groups is 3. The summed E-state index contributed by atoms with van der Waals surface area (Å²) in [6.07, 6.45) is 0. The molecule has 0 bridgehead atoms. The molecule has 1 aliphatic heterocycles. The van der Waals surface area contributed by atoms with E-state index in [1.807, 2.05) is 0 Å². The number of imide groups is 1. The van der Waals surface area contributed by atoms with Gasteiger partial charge in [-0.3, -0.25) is 9.59 Å². The smallest absolute Gasteiger partial charge is 0.338 e. The molecule has 0 radical (unpaired) electrons. The van der Waals surface area contributed by atoms with E-state index in [4.69, 9.17) is 4.74 Å². The van der Waals surface area contributed by atoms with Gasteiger partial charge in [0, 0.05) is 12.4 Å². The van der Waals surface area contributed by atoms with Crippen LogP contribution in [0.5, 0.6) is 5.75 Å². The maximum absolute atomic E-state index is 13.9. The second-order valence-corrected chi connectivity index (χ2v) is 6.50. The maximum atomic E-state index is 13.9. The molecule has 2 heterocycles. The SMILES string of the molecule is CCOC(=O)c1ccc(N2C(=O)c3nc4c(NC)cc(F)cc4c(O)c3C2=O)cc1. The predicted octanol–water partition coefficient (Wildman–Crippen LogP) is 3.10.